The molecular weight excluding hydrogens is 320 g/mol. The van der Waals surface area contributed by atoms with Crippen molar-refractivity contribution in [1.82, 2.24) is 14.9 Å². The van der Waals surface area contributed by atoms with Crippen molar-refractivity contribution in [2.24, 2.45) is 4.99 Å². The first-order valence-corrected chi connectivity index (χ1v) is 9.47. The van der Waals surface area contributed by atoms with Crippen molar-refractivity contribution in [3.63, 3.8) is 0 Å². The van der Waals surface area contributed by atoms with Crippen LogP contribution < -0.4 is 0 Å². The monoisotopic (exact) mass is 344 g/mol. The van der Waals surface area contributed by atoms with Crippen LogP contribution in [-0.4, -0.2) is 45.7 Å². The predicted octanol–water partition coefficient (Wildman–Crippen LogP) is 3.57. The summed E-state index contributed by atoms with van der Waals surface area (Å²) < 4.78 is 0. The minimum atomic E-state index is -0.0132. The summed E-state index contributed by atoms with van der Waals surface area (Å²) in [6.07, 6.45) is 8.69. The number of thioether (sulfide) groups is 1. The Hall–Kier alpha value is -1.82. The molecule has 0 bridgehead atoms. The van der Waals surface area contributed by atoms with Gasteiger partial charge in [0.05, 0.1) is 6.04 Å². The number of aromatic nitrogens is 2. The summed E-state index contributed by atoms with van der Waals surface area (Å²) in [7, 11) is 3.52. The van der Waals surface area contributed by atoms with E-state index >= 15 is 0 Å². The number of fused-ring (bicyclic) bond motifs is 1. The van der Waals surface area contributed by atoms with E-state index in [4.69, 9.17) is 0 Å². The Bertz CT molecular complexity index is 765. The van der Waals surface area contributed by atoms with E-state index in [2.05, 4.69) is 28.0 Å². The average molecular weight is 344 g/mol. The number of aliphatic imine (C=N–C) groups is 1. The number of aryl methyl sites for hydroxylation is 1. The maximum atomic E-state index is 12.1. The van der Waals surface area contributed by atoms with Crippen molar-refractivity contribution in [3.05, 3.63) is 29.6 Å². The summed E-state index contributed by atoms with van der Waals surface area (Å²) >= 11 is 1.54. The van der Waals surface area contributed by atoms with Crippen LogP contribution in [0.3, 0.4) is 0 Å². The minimum Gasteiger partial charge on any atom is -0.346 e. The van der Waals surface area contributed by atoms with Crippen molar-refractivity contribution in [1.29, 1.82) is 0 Å². The summed E-state index contributed by atoms with van der Waals surface area (Å²) in [5.41, 5.74) is 3.32. The molecule has 2 aromatic heterocycles. The van der Waals surface area contributed by atoms with Gasteiger partial charge in [-0.25, -0.2) is 4.98 Å². The Balaban J connectivity index is 1.84. The number of H-pyrrole nitrogens is 1. The number of aromatic amines is 1. The van der Waals surface area contributed by atoms with Gasteiger partial charge >= 0.3 is 0 Å². The van der Waals surface area contributed by atoms with E-state index < -0.39 is 0 Å². The summed E-state index contributed by atoms with van der Waals surface area (Å²) in [6, 6.07) is 2.26. The molecule has 24 heavy (non-hydrogen) atoms. The third kappa shape index (κ3) is 3.48. The number of carbonyl (C=O) groups is 1. The van der Waals surface area contributed by atoms with Gasteiger partial charge in [-0.3, -0.25) is 9.79 Å². The third-order valence-electron chi connectivity index (χ3n) is 4.29. The van der Waals surface area contributed by atoms with Crippen LogP contribution in [0, 0.1) is 0 Å². The fraction of sp³-hybridized carbons (Fsp3) is 0.500. The van der Waals surface area contributed by atoms with E-state index in [1.54, 1.807) is 19.0 Å². The zero-order valence-corrected chi connectivity index (χ0v) is 15.3. The Morgan fingerprint density at radius 2 is 2.25 bits per heavy atom. The second kappa shape index (κ2) is 7.38. The van der Waals surface area contributed by atoms with Gasteiger partial charge in [0.1, 0.15) is 5.65 Å². The van der Waals surface area contributed by atoms with Crippen molar-refractivity contribution >= 4 is 33.7 Å². The molecule has 128 valence electrons. The normalized spacial score (nSPS) is 17.3. The van der Waals surface area contributed by atoms with Crippen LogP contribution in [0.25, 0.3) is 11.0 Å². The number of hydrogen-bond donors (Lipinski definition) is 1. The zero-order valence-electron chi connectivity index (χ0n) is 14.5. The summed E-state index contributed by atoms with van der Waals surface area (Å²) in [4.78, 5) is 26.1. The highest BCUT2D eigenvalue weighted by Gasteiger charge is 2.27. The molecule has 0 spiro atoms. The van der Waals surface area contributed by atoms with Gasteiger partial charge in [-0.05, 0) is 24.5 Å². The maximum absolute atomic E-state index is 12.1. The van der Waals surface area contributed by atoms with Crippen LogP contribution in [0.1, 0.15) is 43.4 Å². The smallest absolute Gasteiger partial charge is 0.278 e. The molecule has 1 aliphatic heterocycles. The number of nitrogens with zero attached hydrogens (tertiary/aromatic N) is 3. The lowest BCUT2D eigenvalue weighted by Crippen LogP contribution is -2.27. The highest BCUT2D eigenvalue weighted by atomic mass is 32.2. The first-order chi connectivity index (χ1) is 11.6. The zero-order chi connectivity index (χ0) is 17.1. The first-order valence-electron chi connectivity index (χ1n) is 8.48. The fourth-order valence-corrected chi connectivity index (χ4v) is 3.98. The highest BCUT2D eigenvalue weighted by molar-refractivity contribution is 8.16. The molecule has 0 saturated heterocycles. The number of amides is 1. The van der Waals surface area contributed by atoms with Crippen molar-refractivity contribution in [3.8, 4) is 0 Å². The SMILES string of the molecule is CCCCCc1cnc2[nH]cc(C3CSC(C(=O)N(C)C)=N3)c2c1. The van der Waals surface area contributed by atoms with Gasteiger partial charge in [0, 0.05) is 43.2 Å². The third-order valence-corrected chi connectivity index (χ3v) is 5.32. The van der Waals surface area contributed by atoms with E-state index in [9.17, 15) is 4.79 Å². The summed E-state index contributed by atoms with van der Waals surface area (Å²) in [5.74, 6) is 0.794. The molecule has 2 aromatic rings. The molecule has 3 heterocycles. The molecule has 1 N–H and O–H groups in total. The molecule has 1 atom stereocenters. The lowest BCUT2D eigenvalue weighted by molar-refractivity contribution is -0.121. The number of hydrogen-bond acceptors (Lipinski definition) is 4. The first kappa shape index (κ1) is 17.0. The highest BCUT2D eigenvalue weighted by Crippen LogP contribution is 2.34. The Morgan fingerprint density at radius 1 is 1.42 bits per heavy atom. The molecule has 5 nitrogen and oxygen atoms in total. The van der Waals surface area contributed by atoms with E-state index in [0.29, 0.717) is 5.04 Å². The standard InChI is InChI=1S/C18H24N4OS/c1-4-5-6-7-12-8-13-14(10-20-16(13)19-9-12)15-11-24-17(21-15)18(23)22(2)3/h8-10,15H,4-7,11H2,1-3H3,(H,19,20). The fourth-order valence-electron chi connectivity index (χ4n) is 2.90. The lowest BCUT2D eigenvalue weighted by Gasteiger charge is -2.08. The van der Waals surface area contributed by atoms with Gasteiger partial charge < -0.3 is 9.88 Å². The second-order valence-electron chi connectivity index (χ2n) is 6.40. The Labute approximate surface area is 146 Å². The number of unbranched alkanes of at least 4 members (excludes halogenated alkanes) is 2. The number of rotatable bonds is 6. The van der Waals surface area contributed by atoms with Crippen molar-refractivity contribution in [2.45, 2.75) is 38.6 Å². The maximum Gasteiger partial charge on any atom is 0.278 e. The molecule has 0 radical (unpaired) electrons. The van der Waals surface area contributed by atoms with Crippen LogP contribution >= 0.6 is 11.8 Å². The topological polar surface area (TPSA) is 61.4 Å². The number of nitrogens with one attached hydrogen (secondary N) is 1. The van der Waals surface area contributed by atoms with Gasteiger partial charge in [0.2, 0.25) is 0 Å². The van der Waals surface area contributed by atoms with Crippen LogP contribution in [0.2, 0.25) is 0 Å². The largest absolute Gasteiger partial charge is 0.346 e. The molecule has 3 rings (SSSR count). The van der Waals surface area contributed by atoms with Crippen molar-refractivity contribution < 1.29 is 4.79 Å². The average Bonchev–Trinajstić information content (AvgIpc) is 3.20. The molecule has 1 aliphatic rings. The van der Waals surface area contributed by atoms with Crippen molar-refractivity contribution in [2.75, 3.05) is 19.8 Å². The van der Waals surface area contributed by atoms with E-state index in [1.165, 1.54) is 36.6 Å². The van der Waals surface area contributed by atoms with Crippen LogP contribution in [0.4, 0.5) is 0 Å². The van der Waals surface area contributed by atoms with E-state index in [-0.39, 0.29) is 11.9 Å². The second-order valence-corrected chi connectivity index (χ2v) is 7.41. The number of pyridine rings is 1. The molecule has 0 aliphatic carbocycles. The number of carbonyl (C=O) groups excluding carboxylic acids is 1. The van der Waals surface area contributed by atoms with E-state index in [1.807, 2.05) is 12.4 Å². The lowest BCUT2D eigenvalue weighted by atomic mass is 10.0. The predicted molar refractivity (Wildman–Crippen MR) is 101 cm³/mol. The van der Waals surface area contributed by atoms with Gasteiger partial charge in [-0.2, -0.15) is 0 Å². The van der Waals surface area contributed by atoms with Crippen LogP contribution in [0.5, 0.6) is 0 Å². The molecule has 0 aromatic carbocycles. The van der Waals surface area contributed by atoms with Gasteiger partial charge in [0.25, 0.3) is 5.91 Å². The molecule has 6 heteroatoms. The Kier molecular flexibility index (Phi) is 5.23. The van der Waals surface area contributed by atoms with Gasteiger partial charge in [-0.1, -0.05) is 31.5 Å². The van der Waals surface area contributed by atoms with Gasteiger partial charge in [0.15, 0.2) is 5.04 Å². The minimum absolute atomic E-state index is 0.0132. The summed E-state index contributed by atoms with van der Waals surface area (Å²) in [5, 5.41) is 1.74. The van der Waals surface area contributed by atoms with Crippen LogP contribution in [-0.2, 0) is 11.2 Å². The molecule has 1 unspecified atom stereocenters. The van der Waals surface area contributed by atoms with E-state index in [0.717, 1.165) is 28.8 Å². The quantitative estimate of drug-likeness (QED) is 0.815. The molecule has 0 saturated carbocycles. The van der Waals surface area contributed by atoms with Gasteiger partial charge in [-0.15, -0.1) is 0 Å². The molecule has 0 fully saturated rings. The van der Waals surface area contributed by atoms with Crippen LogP contribution in [0.15, 0.2) is 23.5 Å². The summed E-state index contributed by atoms with van der Waals surface area (Å²) in [6.45, 7) is 2.22. The molecule has 1 amide bonds. The Morgan fingerprint density at radius 3 is 3.00 bits per heavy atom. The molecular formula is C18H24N4OS.